The van der Waals surface area contributed by atoms with Gasteiger partial charge in [0, 0.05) is 5.54 Å². The molecule has 0 saturated heterocycles. The highest BCUT2D eigenvalue weighted by molar-refractivity contribution is 7.53. The van der Waals surface area contributed by atoms with Crippen LogP contribution in [0.5, 0.6) is 0 Å². The molecule has 1 saturated carbocycles. The van der Waals surface area contributed by atoms with Crippen molar-refractivity contribution in [2.75, 3.05) is 6.61 Å². The summed E-state index contributed by atoms with van der Waals surface area (Å²) in [5, 5.41) is 0. The molecule has 0 radical (unpaired) electrons. The molecule has 5 nitrogen and oxygen atoms in total. The first-order chi connectivity index (χ1) is 12.8. The number of benzene rings is 1. The summed E-state index contributed by atoms with van der Waals surface area (Å²) in [6.07, 6.45) is 12.6. The number of hydrogen-bond donors (Lipinski definition) is 4. The van der Waals surface area contributed by atoms with Gasteiger partial charge in [0.05, 0.1) is 0 Å². The van der Waals surface area contributed by atoms with Gasteiger partial charge in [0.1, 0.15) is 6.61 Å². The Morgan fingerprint density at radius 1 is 1.07 bits per heavy atom. The summed E-state index contributed by atoms with van der Waals surface area (Å²) >= 11 is 0. The van der Waals surface area contributed by atoms with E-state index in [1.807, 2.05) is 0 Å². The van der Waals surface area contributed by atoms with Crippen molar-refractivity contribution in [3.05, 3.63) is 35.4 Å². The molecule has 2 atom stereocenters. The highest BCUT2D eigenvalue weighted by Gasteiger charge is 2.41. The predicted octanol–water partition coefficient (Wildman–Crippen LogP) is 4.62. The van der Waals surface area contributed by atoms with E-state index < -0.39 is 13.7 Å². The van der Waals surface area contributed by atoms with Crippen molar-refractivity contribution in [1.29, 1.82) is 0 Å². The van der Waals surface area contributed by atoms with Crippen LogP contribution >= 0.6 is 8.17 Å². The molecule has 2 unspecified atom stereocenters. The van der Waals surface area contributed by atoms with Gasteiger partial charge in [0.2, 0.25) is 0 Å². The highest BCUT2D eigenvalue weighted by Crippen LogP contribution is 2.48. The third-order valence-electron chi connectivity index (χ3n) is 5.68. The van der Waals surface area contributed by atoms with Gasteiger partial charge in [-0.05, 0) is 49.1 Å². The summed E-state index contributed by atoms with van der Waals surface area (Å²) < 4.78 is 4.81. The first-order valence-corrected chi connectivity index (χ1v) is 12.0. The minimum absolute atomic E-state index is 0.0309. The molecule has 1 aliphatic carbocycles. The monoisotopic (exact) mass is 398 g/mol. The molecular formula is C21H37NO4P+. The molecule has 154 valence electrons. The Morgan fingerprint density at radius 2 is 1.74 bits per heavy atom. The van der Waals surface area contributed by atoms with E-state index in [9.17, 15) is 0 Å². The van der Waals surface area contributed by atoms with Crippen LogP contribution in [0.4, 0.5) is 0 Å². The van der Waals surface area contributed by atoms with E-state index in [1.165, 1.54) is 49.7 Å². The fraction of sp³-hybridized carbons (Fsp3) is 0.714. The molecule has 1 aromatic rings. The average molecular weight is 399 g/mol. The SMILES string of the molecule is CCCCCCCCc1ccc(C2CCCC(N)(CO[P+](O)(O)O)C2)cc1. The van der Waals surface area contributed by atoms with Gasteiger partial charge < -0.3 is 5.73 Å². The molecule has 5 N–H and O–H groups in total. The van der Waals surface area contributed by atoms with Crippen molar-refractivity contribution in [3.8, 4) is 0 Å². The Balaban J connectivity index is 1.81. The Labute approximate surface area is 164 Å². The van der Waals surface area contributed by atoms with Crippen LogP contribution < -0.4 is 5.73 Å². The minimum Gasteiger partial charge on any atom is -0.323 e. The molecular weight excluding hydrogens is 361 g/mol. The van der Waals surface area contributed by atoms with E-state index in [-0.39, 0.29) is 6.61 Å². The number of hydrogen-bond acceptors (Lipinski definition) is 5. The van der Waals surface area contributed by atoms with Crippen molar-refractivity contribution in [2.45, 2.75) is 89.0 Å². The van der Waals surface area contributed by atoms with Crippen LogP contribution in [0.25, 0.3) is 0 Å². The molecule has 0 aliphatic heterocycles. The third kappa shape index (κ3) is 8.55. The Bertz CT molecular complexity index is 546. The molecule has 27 heavy (non-hydrogen) atoms. The third-order valence-corrected chi connectivity index (χ3v) is 6.15. The van der Waals surface area contributed by atoms with Crippen molar-refractivity contribution < 1.29 is 19.2 Å². The van der Waals surface area contributed by atoms with Gasteiger partial charge in [-0.1, -0.05) is 69.7 Å². The molecule has 2 rings (SSSR count). The zero-order valence-electron chi connectivity index (χ0n) is 16.6. The van der Waals surface area contributed by atoms with Gasteiger partial charge in [-0.3, -0.25) is 0 Å². The van der Waals surface area contributed by atoms with Crippen molar-refractivity contribution in [1.82, 2.24) is 0 Å². The standard InChI is InChI=1S/C21H37NO4P/c1-2-3-4-5-6-7-9-18-11-13-19(14-12-18)20-10-8-15-21(22,16-20)17-26-27(23,24)25/h11-14,20,23-25H,2-10,15-17,22H2,1H3/q+1. The second-order valence-electron chi connectivity index (χ2n) is 8.20. The van der Waals surface area contributed by atoms with Gasteiger partial charge in [0.25, 0.3) is 0 Å². The maximum atomic E-state index is 9.05. The molecule has 0 aromatic heterocycles. The number of aryl methyl sites for hydroxylation is 1. The van der Waals surface area contributed by atoms with Gasteiger partial charge >= 0.3 is 8.17 Å². The van der Waals surface area contributed by atoms with Crippen molar-refractivity contribution in [3.63, 3.8) is 0 Å². The fourth-order valence-corrected chi connectivity index (χ4v) is 4.52. The van der Waals surface area contributed by atoms with Gasteiger partial charge in [0.15, 0.2) is 0 Å². The molecule has 6 heteroatoms. The second kappa shape index (κ2) is 10.8. The number of nitrogens with two attached hydrogens (primary N) is 1. The lowest BCUT2D eigenvalue weighted by atomic mass is 9.74. The quantitative estimate of drug-likeness (QED) is 0.322. The molecule has 1 aromatic carbocycles. The highest BCUT2D eigenvalue weighted by atomic mass is 31.2. The van der Waals surface area contributed by atoms with Gasteiger partial charge in [-0.25, -0.2) is 0 Å². The van der Waals surface area contributed by atoms with E-state index in [4.69, 9.17) is 24.9 Å². The number of rotatable bonds is 11. The van der Waals surface area contributed by atoms with Crippen LogP contribution in [0, 0.1) is 0 Å². The summed E-state index contributed by atoms with van der Waals surface area (Å²) in [6.45, 7) is 2.22. The van der Waals surface area contributed by atoms with Gasteiger partial charge in [-0.15, -0.1) is 0 Å². The van der Waals surface area contributed by atoms with Crippen LogP contribution in [-0.4, -0.2) is 26.8 Å². The van der Waals surface area contributed by atoms with Crippen LogP contribution in [0.3, 0.4) is 0 Å². The maximum absolute atomic E-state index is 9.05. The Morgan fingerprint density at radius 3 is 2.41 bits per heavy atom. The van der Waals surface area contributed by atoms with Crippen LogP contribution in [0.2, 0.25) is 0 Å². The second-order valence-corrected chi connectivity index (χ2v) is 9.49. The molecule has 0 heterocycles. The normalized spacial score (nSPS) is 23.5. The zero-order valence-corrected chi connectivity index (χ0v) is 17.5. The van der Waals surface area contributed by atoms with E-state index in [0.29, 0.717) is 5.92 Å². The molecule has 1 fully saturated rings. The van der Waals surface area contributed by atoms with Crippen LogP contribution in [0.15, 0.2) is 24.3 Å². The van der Waals surface area contributed by atoms with E-state index >= 15 is 0 Å². The fourth-order valence-electron chi connectivity index (χ4n) is 4.09. The first-order valence-electron chi connectivity index (χ1n) is 10.4. The van der Waals surface area contributed by atoms with Gasteiger partial charge in [-0.2, -0.15) is 19.2 Å². The largest absolute Gasteiger partial charge is 0.567 e. The summed E-state index contributed by atoms with van der Waals surface area (Å²) in [7, 11) is -4.22. The minimum atomic E-state index is -4.22. The lowest BCUT2D eigenvalue weighted by molar-refractivity contribution is 0.103. The lowest BCUT2D eigenvalue weighted by Gasteiger charge is -2.37. The summed E-state index contributed by atoms with van der Waals surface area (Å²) in [4.78, 5) is 27.2. The Kier molecular flexibility index (Phi) is 9.13. The molecule has 0 amide bonds. The smallest absolute Gasteiger partial charge is 0.323 e. The van der Waals surface area contributed by atoms with Crippen molar-refractivity contribution in [2.24, 2.45) is 5.73 Å². The van der Waals surface area contributed by atoms with E-state index in [1.54, 1.807) is 0 Å². The first kappa shape index (κ1) is 22.7. The molecule has 0 spiro atoms. The Hall–Kier alpha value is -0.550. The van der Waals surface area contributed by atoms with Crippen LogP contribution in [-0.2, 0) is 10.9 Å². The topological polar surface area (TPSA) is 95.9 Å². The van der Waals surface area contributed by atoms with Crippen LogP contribution in [0.1, 0.15) is 88.2 Å². The zero-order chi connectivity index (χ0) is 19.8. The van der Waals surface area contributed by atoms with Crippen molar-refractivity contribution >= 4 is 8.17 Å². The van der Waals surface area contributed by atoms with E-state index in [0.717, 1.165) is 32.1 Å². The summed E-state index contributed by atoms with van der Waals surface area (Å²) in [5.41, 5.74) is 8.45. The molecule has 1 aliphatic rings. The van der Waals surface area contributed by atoms with E-state index in [2.05, 4.69) is 31.2 Å². The maximum Gasteiger partial charge on any atom is 0.567 e. The molecule has 0 bridgehead atoms. The summed E-state index contributed by atoms with van der Waals surface area (Å²) in [6, 6.07) is 8.89. The lowest BCUT2D eigenvalue weighted by Crippen LogP contribution is -2.47. The average Bonchev–Trinajstić information content (AvgIpc) is 2.63. The summed E-state index contributed by atoms with van der Waals surface area (Å²) in [5.74, 6) is 0.347. The predicted molar refractivity (Wildman–Crippen MR) is 111 cm³/mol. The number of unbranched alkanes of at least 4 members (excludes halogenated alkanes) is 5.